The van der Waals surface area contributed by atoms with Crippen LogP contribution >= 0.6 is 0 Å². The lowest BCUT2D eigenvalue weighted by Gasteiger charge is -2.35. The Balaban J connectivity index is 1.40. The van der Waals surface area contributed by atoms with Crippen molar-refractivity contribution in [3.63, 3.8) is 0 Å². The van der Waals surface area contributed by atoms with E-state index >= 15 is 0 Å². The van der Waals surface area contributed by atoms with Gasteiger partial charge in [0.2, 0.25) is 0 Å². The number of allylic oxidation sites excluding steroid dienone is 7. The number of hydrogen-bond acceptors (Lipinski definition) is 5. The topological polar surface area (TPSA) is 68.2 Å². The van der Waals surface area contributed by atoms with Crippen LogP contribution in [0.15, 0.2) is 78.1 Å². The molecule has 3 aliphatic rings. The van der Waals surface area contributed by atoms with Gasteiger partial charge in [-0.3, -0.25) is 4.79 Å². The van der Waals surface area contributed by atoms with Crippen molar-refractivity contribution >= 4 is 5.91 Å². The fourth-order valence-electron chi connectivity index (χ4n) is 4.70. The van der Waals surface area contributed by atoms with Gasteiger partial charge >= 0.3 is 6.18 Å². The summed E-state index contributed by atoms with van der Waals surface area (Å²) in [5.74, 6) is -0.569. The number of piperidine rings is 1. The largest absolute Gasteiger partial charge is 0.488 e. The van der Waals surface area contributed by atoms with Crippen LogP contribution in [0, 0.1) is 18.8 Å². The van der Waals surface area contributed by atoms with Gasteiger partial charge in [0.05, 0.1) is 17.2 Å². The van der Waals surface area contributed by atoms with E-state index in [9.17, 15) is 22.4 Å². The lowest BCUT2D eigenvalue weighted by atomic mass is 10.0. The first-order valence-corrected chi connectivity index (χ1v) is 11.9. The molecule has 2 fully saturated rings. The van der Waals surface area contributed by atoms with Gasteiger partial charge in [0.25, 0.3) is 5.91 Å². The molecule has 0 bridgehead atoms. The van der Waals surface area contributed by atoms with Gasteiger partial charge in [-0.15, -0.1) is 0 Å². The number of pyridine rings is 1. The number of rotatable bonds is 5. The summed E-state index contributed by atoms with van der Waals surface area (Å²) in [5, 5.41) is 0. The molecule has 0 N–H and O–H groups in total. The standard InChI is InChI=1S/C27H24F4N4O2/c1-16-7-8-21(25-32-9-4-10-33-25)24(34-16)26(36)35-14-18-11-17(18)12-20(35)15-37-23-6-3-2-5-19(13-22(23)28)27(29,30)31/h2-10,13,17-18,20H,11-12,14-15H2,1H3/b3-2?,5-2+,6-3+,19-5?,19-13+,22-13?,23-6?,23-22-/t17-,18+,20?/m1/s1. The molecule has 3 heterocycles. The monoisotopic (exact) mass is 512 g/mol. The summed E-state index contributed by atoms with van der Waals surface area (Å²) in [4.78, 5) is 28.5. The van der Waals surface area contributed by atoms with Gasteiger partial charge in [-0.25, -0.2) is 19.3 Å². The van der Waals surface area contributed by atoms with Crippen LogP contribution < -0.4 is 0 Å². The summed E-state index contributed by atoms with van der Waals surface area (Å²) in [5.41, 5.74) is 0.257. The number of aromatic nitrogens is 3. The van der Waals surface area contributed by atoms with Crippen molar-refractivity contribution in [2.75, 3.05) is 13.2 Å². The Labute approximate surface area is 211 Å². The minimum Gasteiger partial charge on any atom is -0.488 e. The number of nitrogens with zero attached hydrogens (tertiary/aromatic N) is 4. The second kappa shape index (κ2) is 9.91. The van der Waals surface area contributed by atoms with Gasteiger partial charge in [0.15, 0.2) is 17.4 Å². The first-order chi connectivity index (χ1) is 17.7. The summed E-state index contributed by atoms with van der Waals surface area (Å²) in [6, 6.07) is 4.82. The van der Waals surface area contributed by atoms with Gasteiger partial charge < -0.3 is 9.64 Å². The molecule has 2 aromatic heterocycles. The van der Waals surface area contributed by atoms with Crippen molar-refractivity contribution in [1.29, 1.82) is 0 Å². The molecule has 37 heavy (non-hydrogen) atoms. The second-order valence-electron chi connectivity index (χ2n) is 9.36. The number of likely N-dealkylation sites (tertiary alicyclic amines) is 1. The maximum absolute atomic E-state index is 14.7. The molecule has 192 valence electrons. The SMILES string of the molecule is Cc1ccc(-c2ncccn2)c(C(=O)N2C[C@@H]3C[C@@H]3CC2COC2=C(F)/C=C(C(F)(F)F)\C=C\C=C\2)n1. The molecule has 10 heteroatoms. The Morgan fingerprint density at radius 2 is 1.86 bits per heavy atom. The summed E-state index contributed by atoms with van der Waals surface area (Å²) >= 11 is 0. The van der Waals surface area contributed by atoms with Gasteiger partial charge in [-0.2, -0.15) is 13.2 Å². The summed E-state index contributed by atoms with van der Waals surface area (Å²) < 4.78 is 59.8. The lowest BCUT2D eigenvalue weighted by molar-refractivity contribution is -0.0883. The zero-order valence-electron chi connectivity index (χ0n) is 20.0. The smallest absolute Gasteiger partial charge is 0.416 e. The third-order valence-corrected chi connectivity index (χ3v) is 6.73. The van der Waals surface area contributed by atoms with Crippen LogP contribution in [0.4, 0.5) is 17.6 Å². The Kier molecular flexibility index (Phi) is 6.66. The van der Waals surface area contributed by atoms with E-state index in [1.165, 1.54) is 18.2 Å². The van der Waals surface area contributed by atoms with Crippen LogP contribution in [0.1, 0.15) is 29.0 Å². The van der Waals surface area contributed by atoms with Crippen molar-refractivity contribution in [3.8, 4) is 11.4 Å². The molecule has 2 aliphatic carbocycles. The fraction of sp³-hybridized carbons (Fsp3) is 0.333. The van der Waals surface area contributed by atoms with Crippen LogP contribution in [0.3, 0.4) is 0 Å². The first kappa shape index (κ1) is 24.9. The van der Waals surface area contributed by atoms with Crippen molar-refractivity contribution < 1.29 is 27.1 Å². The van der Waals surface area contributed by atoms with Crippen LogP contribution in [-0.4, -0.2) is 51.1 Å². The molecular weight excluding hydrogens is 488 g/mol. The number of amides is 1. The molecule has 1 saturated carbocycles. The second-order valence-corrected chi connectivity index (χ2v) is 9.36. The molecule has 1 saturated heterocycles. The molecular formula is C27H24F4N4O2. The van der Waals surface area contributed by atoms with Gasteiger partial charge in [0.1, 0.15) is 12.3 Å². The highest BCUT2D eigenvalue weighted by atomic mass is 19.4. The highest BCUT2D eigenvalue weighted by Crippen LogP contribution is 2.47. The van der Waals surface area contributed by atoms with Crippen LogP contribution in [0.2, 0.25) is 0 Å². The van der Waals surface area contributed by atoms with Crippen molar-refractivity contribution in [1.82, 2.24) is 19.9 Å². The average Bonchev–Trinajstić information content (AvgIpc) is 3.63. The highest BCUT2D eigenvalue weighted by Gasteiger charge is 2.48. The number of ether oxygens (including phenoxy) is 1. The molecule has 0 aromatic carbocycles. The molecule has 1 unspecified atom stereocenters. The summed E-state index contributed by atoms with van der Waals surface area (Å²) in [7, 11) is 0. The van der Waals surface area contributed by atoms with Crippen molar-refractivity contribution in [2.45, 2.75) is 32.0 Å². The van der Waals surface area contributed by atoms with E-state index in [2.05, 4.69) is 15.0 Å². The van der Waals surface area contributed by atoms with E-state index in [0.717, 1.165) is 12.5 Å². The molecule has 0 radical (unpaired) electrons. The minimum absolute atomic E-state index is 0.0655. The maximum atomic E-state index is 14.7. The van der Waals surface area contributed by atoms with Crippen LogP contribution in [-0.2, 0) is 4.74 Å². The first-order valence-electron chi connectivity index (χ1n) is 11.9. The van der Waals surface area contributed by atoms with Gasteiger partial charge in [0, 0.05) is 24.6 Å². The van der Waals surface area contributed by atoms with E-state index < -0.39 is 23.6 Å². The average molecular weight is 513 g/mol. The Morgan fingerprint density at radius 1 is 1.11 bits per heavy atom. The Hall–Kier alpha value is -3.82. The van der Waals surface area contributed by atoms with E-state index in [1.54, 1.807) is 42.4 Å². The number of carbonyl (C=O) groups is 1. The normalized spacial score (nSPS) is 28.3. The minimum atomic E-state index is -4.70. The molecule has 3 atom stereocenters. The number of carbonyl (C=O) groups excluding carboxylic acids is 1. The lowest BCUT2D eigenvalue weighted by Crippen LogP contribution is -2.47. The summed E-state index contributed by atoms with van der Waals surface area (Å²) in [6.45, 7) is 2.22. The molecule has 5 rings (SSSR count). The third kappa shape index (κ3) is 5.47. The predicted octanol–water partition coefficient (Wildman–Crippen LogP) is 5.51. The molecule has 2 aromatic rings. The predicted molar refractivity (Wildman–Crippen MR) is 128 cm³/mol. The maximum Gasteiger partial charge on any atom is 0.416 e. The van der Waals surface area contributed by atoms with Crippen LogP contribution in [0.25, 0.3) is 11.4 Å². The number of aryl methyl sites for hydroxylation is 1. The molecule has 1 amide bonds. The van der Waals surface area contributed by atoms with Gasteiger partial charge in [-0.1, -0.05) is 12.2 Å². The molecule has 6 nitrogen and oxygen atoms in total. The number of alkyl halides is 3. The quantitative estimate of drug-likeness (QED) is 0.495. The summed E-state index contributed by atoms with van der Waals surface area (Å²) in [6.07, 6.45) is 5.06. The number of hydrogen-bond donors (Lipinski definition) is 0. The fourth-order valence-corrected chi connectivity index (χ4v) is 4.70. The number of halogens is 4. The van der Waals surface area contributed by atoms with Crippen molar-refractivity contribution in [3.05, 3.63) is 89.5 Å². The third-order valence-electron chi connectivity index (χ3n) is 6.73. The van der Waals surface area contributed by atoms with E-state index in [-0.39, 0.29) is 24.0 Å². The zero-order valence-corrected chi connectivity index (χ0v) is 20.0. The highest BCUT2D eigenvalue weighted by molar-refractivity contribution is 5.98. The Bertz CT molecular complexity index is 1320. The number of fused-ring (bicyclic) bond motifs is 1. The zero-order chi connectivity index (χ0) is 26.2. The van der Waals surface area contributed by atoms with E-state index in [0.29, 0.717) is 48.0 Å². The molecule has 1 aliphatic heterocycles. The van der Waals surface area contributed by atoms with E-state index in [4.69, 9.17) is 4.74 Å². The Morgan fingerprint density at radius 3 is 2.62 bits per heavy atom. The van der Waals surface area contributed by atoms with E-state index in [1.807, 2.05) is 0 Å². The molecule has 0 spiro atoms. The van der Waals surface area contributed by atoms with Crippen molar-refractivity contribution in [2.24, 2.45) is 11.8 Å². The van der Waals surface area contributed by atoms with Gasteiger partial charge in [-0.05, 0) is 68.0 Å². The van der Waals surface area contributed by atoms with Crippen LogP contribution in [0.5, 0.6) is 0 Å².